The van der Waals surface area contributed by atoms with Crippen LogP contribution in [0.3, 0.4) is 0 Å². The number of nitrogens with one attached hydrogen (secondary N) is 1. The van der Waals surface area contributed by atoms with Crippen LogP contribution in [0.4, 0.5) is 5.69 Å². The molecule has 0 spiro atoms. The maximum Gasteiger partial charge on any atom is 0.0664 e. The van der Waals surface area contributed by atoms with Crippen LogP contribution in [0.2, 0.25) is 0 Å². The van der Waals surface area contributed by atoms with Crippen LogP contribution < -0.4 is 5.32 Å². The van der Waals surface area contributed by atoms with E-state index >= 15 is 0 Å². The molecule has 2 rings (SSSR count). The van der Waals surface area contributed by atoms with Crippen molar-refractivity contribution >= 4 is 5.69 Å². The lowest BCUT2D eigenvalue weighted by Gasteiger charge is -2.40. The number of benzene rings is 1. The van der Waals surface area contributed by atoms with E-state index in [1.54, 1.807) is 0 Å². The molecule has 3 heteroatoms. The van der Waals surface area contributed by atoms with Gasteiger partial charge in [0, 0.05) is 32.4 Å². The Hall–Kier alpha value is -1.06. The van der Waals surface area contributed by atoms with E-state index in [1.165, 1.54) is 16.8 Å². The molecule has 1 aliphatic rings. The molecule has 106 valence electrons. The van der Waals surface area contributed by atoms with Crippen molar-refractivity contribution in [1.82, 2.24) is 4.90 Å². The molecular formula is C16H26N2O. The summed E-state index contributed by atoms with van der Waals surface area (Å²) in [5.74, 6) is 0.754. The van der Waals surface area contributed by atoms with Crippen molar-refractivity contribution in [2.45, 2.75) is 32.8 Å². The first-order valence-corrected chi connectivity index (χ1v) is 7.30. The monoisotopic (exact) mass is 262 g/mol. The minimum absolute atomic E-state index is 0.155. The van der Waals surface area contributed by atoms with Crippen molar-refractivity contribution in [3.05, 3.63) is 29.3 Å². The summed E-state index contributed by atoms with van der Waals surface area (Å²) in [4.78, 5) is 2.35. The van der Waals surface area contributed by atoms with E-state index in [0.29, 0.717) is 0 Å². The second-order valence-electron chi connectivity index (χ2n) is 5.75. The van der Waals surface area contributed by atoms with Crippen LogP contribution >= 0.6 is 0 Å². The summed E-state index contributed by atoms with van der Waals surface area (Å²) in [5.41, 5.74) is 3.96. The van der Waals surface area contributed by atoms with Gasteiger partial charge >= 0.3 is 0 Å². The molecule has 1 unspecified atom stereocenters. The van der Waals surface area contributed by atoms with Crippen molar-refractivity contribution < 1.29 is 5.11 Å². The number of β-amino-alcohol motifs (C(OH)–C–C–N with tert-alkyl or cyclic N) is 1. The van der Waals surface area contributed by atoms with Crippen LogP contribution in [-0.2, 0) is 6.42 Å². The highest BCUT2D eigenvalue weighted by molar-refractivity contribution is 5.51. The molecule has 1 fully saturated rings. The van der Waals surface area contributed by atoms with Crippen LogP contribution in [0.5, 0.6) is 0 Å². The van der Waals surface area contributed by atoms with Gasteiger partial charge in [-0.3, -0.25) is 0 Å². The van der Waals surface area contributed by atoms with E-state index in [1.807, 2.05) is 14.0 Å². The summed E-state index contributed by atoms with van der Waals surface area (Å²) in [7, 11) is 1.96. The molecule has 0 aromatic heterocycles. The zero-order chi connectivity index (χ0) is 13.8. The second-order valence-corrected chi connectivity index (χ2v) is 5.75. The van der Waals surface area contributed by atoms with Crippen molar-refractivity contribution in [3.63, 3.8) is 0 Å². The lowest BCUT2D eigenvalue weighted by atomic mass is 9.91. The number of nitrogens with zero attached hydrogens (tertiary/aromatic N) is 1. The summed E-state index contributed by atoms with van der Waals surface area (Å²) in [5, 5.41) is 12.8. The fraction of sp³-hybridized carbons (Fsp3) is 0.625. The first-order valence-electron chi connectivity index (χ1n) is 7.30. The Kier molecular flexibility index (Phi) is 4.83. The van der Waals surface area contributed by atoms with Crippen molar-refractivity contribution in [1.29, 1.82) is 0 Å². The topological polar surface area (TPSA) is 35.5 Å². The molecule has 2 N–H and O–H groups in total. The Morgan fingerprint density at radius 1 is 1.42 bits per heavy atom. The highest BCUT2D eigenvalue weighted by Crippen LogP contribution is 2.23. The van der Waals surface area contributed by atoms with Gasteiger partial charge in [0.25, 0.3) is 0 Å². The average molecular weight is 262 g/mol. The standard InChI is InChI=1S/C16H26N2O/c1-4-15(19)11-18-9-14(10-18)8-13-5-6-16(17-3)12(2)7-13/h5-7,14-15,17,19H,4,8-11H2,1-3H3. The molecular weight excluding hydrogens is 236 g/mol. The third-order valence-corrected chi connectivity index (χ3v) is 4.06. The third kappa shape index (κ3) is 3.71. The Bertz CT molecular complexity index is 413. The molecule has 0 radical (unpaired) electrons. The SMILES string of the molecule is CCC(O)CN1CC(Cc2ccc(NC)c(C)c2)C1. The molecule has 1 atom stereocenters. The summed E-state index contributed by atoms with van der Waals surface area (Å²) in [6.07, 6.45) is 1.85. The molecule has 19 heavy (non-hydrogen) atoms. The van der Waals surface area contributed by atoms with Gasteiger partial charge < -0.3 is 15.3 Å². The van der Waals surface area contributed by atoms with Crippen LogP contribution in [0.1, 0.15) is 24.5 Å². The molecule has 3 nitrogen and oxygen atoms in total. The first-order chi connectivity index (χ1) is 9.12. The van der Waals surface area contributed by atoms with Gasteiger partial charge in [0.15, 0.2) is 0 Å². The number of rotatable bonds is 6. The Morgan fingerprint density at radius 3 is 2.74 bits per heavy atom. The first kappa shape index (κ1) is 14.4. The van der Waals surface area contributed by atoms with Gasteiger partial charge in [-0.25, -0.2) is 0 Å². The zero-order valence-electron chi connectivity index (χ0n) is 12.3. The fourth-order valence-corrected chi connectivity index (χ4v) is 2.85. The van der Waals surface area contributed by atoms with Crippen molar-refractivity contribution in [2.75, 3.05) is 32.0 Å². The van der Waals surface area contributed by atoms with Gasteiger partial charge in [-0.2, -0.15) is 0 Å². The summed E-state index contributed by atoms with van der Waals surface area (Å²) >= 11 is 0. The van der Waals surface area contributed by atoms with Gasteiger partial charge in [-0.1, -0.05) is 19.1 Å². The highest BCUT2D eigenvalue weighted by Gasteiger charge is 2.27. The van der Waals surface area contributed by atoms with E-state index in [9.17, 15) is 5.11 Å². The Labute approximate surface area is 116 Å². The minimum atomic E-state index is -0.155. The van der Waals surface area contributed by atoms with Crippen LogP contribution in [0, 0.1) is 12.8 Å². The summed E-state index contributed by atoms with van der Waals surface area (Å²) in [6, 6.07) is 6.68. The molecule has 1 aliphatic heterocycles. The fourth-order valence-electron chi connectivity index (χ4n) is 2.85. The minimum Gasteiger partial charge on any atom is -0.392 e. The molecule has 1 aromatic carbocycles. The van der Waals surface area contributed by atoms with Gasteiger partial charge in [0.05, 0.1) is 6.10 Å². The maximum atomic E-state index is 9.61. The Balaban J connectivity index is 1.79. The number of aliphatic hydroxyl groups is 1. The summed E-state index contributed by atoms with van der Waals surface area (Å²) in [6.45, 7) is 7.28. The molecule has 0 aliphatic carbocycles. The number of anilines is 1. The number of hydrogen-bond donors (Lipinski definition) is 2. The van der Waals surface area contributed by atoms with Gasteiger partial charge in [-0.05, 0) is 42.9 Å². The van der Waals surface area contributed by atoms with Gasteiger partial charge in [-0.15, -0.1) is 0 Å². The normalized spacial score (nSPS) is 18.1. The quantitative estimate of drug-likeness (QED) is 0.825. The predicted molar refractivity (Wildman–Crippen MR) is 80.7 cm³/mol. The maximum absolute atomic E-state index is 9.61. The highest BCUT2D eigenvalue weighted by atomic mass is 16.3. The van der Waals surface area contributed by atoms with Crippen molar-refractivity contribution in [3.8, 4) is 0 Å². The lowest BCUT2D eigenvalue weighted by Crippen LogP contribution is -2.50. The molecule has 1 saturated heterocycles. The van der Waals surface area contributed by atoms with E-state index < -0.39 is 0 Å². The Morgan fingerprint density at radius 2 is 2.16 bits per heavy atom. The lowest BCUT2D eigenvalue weighted by molar-refractivity contribution is 0.0391. The van der Waals surface area contributed by atoms with Gasteiger partial charge in [0.2, 0.25) is 0 Å². The largest absolute Gasteiger partial charge is 0.392 e. The van der Waals surface area contributed by atoms with E-state index in [0.717, 1.165) is 38.4 Å². The number of likely N-dealkylation sites (tertiary alicyclic amines) is 1. The average Bonchev–Trinajstić information content (AvgIpc) is 2.36. The van der Waals surface area contributed by atoms with Crippen LogP contribution in [0.15, 0.2) is 18.2 Å². The zero-order valence-corrected chi connectivity index (χ0v) is 12.3. The van der Waals surface area contributed by atoms with E-state index in [4.69, 9.17) is 0 Å². The van der Waals surface area contributed by atoms with Crippen LogP contribution in [-0.4, -0.2) is 42.8 Å². The third-order valence-electron chi connectivity index (χ3n) is 4.06. The molecule has 0 bridgehead atoms. The second kappa shape index (κ2) is 6.40. The smallest absolute Gasteiger partial charge is 0.0664 e. The molecule has 1 aromatic rings. The van der Waals surface area contributed by atoms with Crippen molar-refractivity contribution in [2.24, 2.45) is 5.92 Å². The number of hydrogen-bond acceptors (Lipinski definition) is 3. The van der Waals surface area contributed by atoms with Gasteiger partial charge in [0.1, 0.15) is 0 Å². The molecule has 0 amide bonds. The van der Waals surface area contributed by atoms with E-state index in [-0.39, 0.29) is 6.10 Å². The number of aliphatic hydroxyl groups excluding tert-OH is 1. The van der Waals surface area contributed by atoms with Crippen LogP contribution in [0.25, 0.3) is 0 Å². The summed E-state index contributed by atoms with van der Waals surface area (Å²) < 4.78 is 0. The molecule has 0 saturated carbocycles. The number of aryl methyl sites for hydroxylation is 1. The predicted octanol–water partition coefficient (Wildman–Crippen LogP) is 2.28. The van der Waals surface area contributed by atoms with E-state index in [2.05, 4.69) is 35.3 Å². The molecule has 1 heterocycles.